The summed E-state index contributed by atoms with van der Waals surface area (Å²) in [5.41, 5.74) is 2.24. The maximum atomic E-state index is 3.89. The molecule has 80 valence electrons. The fourth-order valence-corrected chi connectivity index (χ4v) is 6.94. The first-order valence-electron chi connectivity index (χ1n) is 5.51. The summed E-state index contributed by atoms with van der Waals surface area (Å²) in [5.74, 6) is 0. The van der Waals surface area contributed by atoms with E-state index in [-0.39, 0.29) is 0 Å². The first-order chi connectivity index (χ1) is 6.22. The van der Waals surface area contributed by atoms with Gasteiger partial charge in [0.2, 0.25) is 0 Å². The Labute approximate surface area is 103 Å². The number of alkyl halides is 2. The molecule has 0 heterocycles. The molecule has 0 saturated heterocycles. The van der Waals surface area contributed by atoms with Crippen LogP contribution in [0.3, 0.4) is 0 Å². The summed E-state index contributed by atoms with van der Waals surface area (Å²) in [6.45, 7) is 9.87. The van der Waals surface area contributed by atoms with Gasteiger partial charge in [-0.25, -0.2) is 0 Å². The van der Waals surface area contributed by atoms with Crippen molar-refractivity contribution in [2.24, 2.45) is 21.7 Å². The minimum Gasteiger partial charge on any atom is -0.0878 e. The van der Waals surface area contributed by atoms with E-state index in [1.54, 1.807) is 0 Å². The van der Waals surface area contributed by atoms with Crippen molar-refractivity contribution in [3.05, 3.63) is 0 Å². The average Bonchev–Trinajstić information content (AvgIpc) is 2.66. The number of hydrogen-bond donors (Lipinski definition) is 0. The average molecular weight is 322 g/mol. The van der Waals surface area contributed by atoms with Crippen LogP contribution in [0.25, 0.3) is 0 Å². The van der Waals surface area contributed by atoms with Crippen molar-refractivity contribution >= 4 is 31.9 Å². The van der Waals surface area contributed by atoms with Gasteiger partial charge in [-0.2, -0.15) is 0 Å². The fraction of sp³-hybridized carbons (Fsp3) is 1.00. The third kappa shape index (κ3) is 0.714. The molecule has 0 aliphatic heterocycles. The standard InChI is InChI=1S/C12H18Br2/c1-9-5-11(3)8(14)12(11,4)6-10(9,2)7(9)13/h7-8H,5-6H2,1-4H3/t7?,8?,9-,10+,11-,12+. The summed E-state index contributed by atoms with van der Waals surface area (Å²) in [5, 5.41) is 0. The van der Waals surface area contributed by atoms with Gasteiger partial charge in [-0.1, -0.05) is 59.6 Å². The highest BCUT2D eigenvalue weighted by Gasteiger charge is 2.85. The van der Waals surface area contributed by atoms with Crippen LogP contribution in [-0.2, 0) is 0 Å². The lowest BCUT2D eigenvalue weighted by Crippen LogP contribution is -2.25. The first-order valence-corrected chi connectivity index (χ1v) is 7.34. The Balaban J connectivity index is 2.00. The molecule has 0 amide bonds. The Morgan fingerprint density at radius 1 is 0.714 bits per heavy atom. The summed E-state index contributed by atoms with van der Waals surface area (Å²) in [7, 11) is 0. The second-order valence-electron chi connectivity index (χ2n) is 6.75. The van der Waals surface area contributed by atoms with E-state index in [0.29, 0.717) is 21.7 Å². The van der Waals surface area contributed by atoms with Gasteiger partial charge in [0.15, 0.2) is 0 Å². The van der Waals surface area contributed by atoms with Crippen molar-refractivity contribution in [2.75, 3.05) is 0 Å². The maximum Gasteiger partial charge on any atom is 0.0264 e. The quantitative estimate of drug-likeness (QED) is 0.581. The van der Waals surface area contributed by atoms with Crippen LogP contribution in [0.2, 0.25) is 0 Å². The van der Waals surface area contributed by atoms with Crippen molar-refractivity contribution < 1.29 is 0 Å². The zero-order valence-corrected chi connectivity index (χ0v) is 12.5. The number of halogens is 2. The van der Waals surface area contributed by atoms with Gasteiger partial charge >= 0.3 is 0 Å². The summed E-state index contributed by atoms with van der Waals surface area (Å²) in [4.78, 5) is 1.51. The first kappa shape index (κ1) is 10.1. The van der Waals surface area contributed by atoms with E-state index in [1.165, 1.54) is 12.8 Å². The van der Waals surface area contributed by atoms with Gasteiger partial charge in [-0.15, -0.1) is 0 Å². The van der Waals surface area contributed by atoms with E-state index in [1.807, 2.05) is 0 Å². The molecular weight excluding hydrogens is 304 g/mol. The Kier molecular flexibility index (Phi) is 1.56. The molecule has 0 spiro atoms. The largest absolute Gasteiger partial charge is 0.0878 e. The summed E-state index contributed by atoms with van der Waals surface area (Å²) >= 11 is 7.78. The topological polar surface area (TPSA) is 0 Å². The minimum atomic E-state index is 0.559. The minimum absolute atomic E-state index is 0.559. The number of fused-ring (bicyclic) bond motifs is 2. The lowest BCUT2D eigenvalue weighted by molar-refractivity contribution is 0.157. The SMILES string of the molecule is C[C@@]12C[C@@]3(C)C(Br)[C@@]3(C)C[C@]1(C)C2Br. The Bertz CT molecular complexity index is 268. The van der Waals surface area contributed by atoms with Crippen LogP contribution in [-0.4, -0.2) is 9.65 Å². The van der Waals surface area contributed by atoms with E-state index in [0.717, 1.165) is 9.65 Å². The van der Waals surface area contributed by atoms with Crippen LogP contribution in [0.1, 0.15) is 40.5 Å². The Hall–Kier alpha value is 0.960. The molecule has 0 aromatic heterocycles. The molecule has 3 aliphatic rings. The molecule has 0 radical (unpaired) electrons. The molecule has 3 saturated carbocycles. The Morgan fingerprint density at radius 3 is 1.14 bits per heavy atom. The van der Waals surface area contributed by atoms with Crippen LogP contribution in [0.4, 0.5) is 0 Å². The summed E-state index contributed by atoms with van der Waals surface area (Å²) < 4.78 is 0. The molecule has 3 rings (SSSR count). The molecule has 3 aliphatic carbocycles. The molecule has 0 aromatic rings. The summed E-state index contributed by atoms with van der Waals surface area (Å²) in [6.07, 6.45) is 2.78. The van der Waals surface area contributed by atoms with Crippen molar-refractivity contribution in [3.63, 3.8) is 0 Å². The fourth-order valence-electron chi connectivity index (χ4n) is 4.46. The molecule has 2 heteroatoms. The van der Waals surface area contributed by atoms with Gasteiger partial charge in [0.25, 0.3) is 0 Å². The van der Waals surface area contributed by atoms with E-state index >= 15 is 0 Å². The predicted molar refractivity (Wildman–Crippen MR) is 67.1 cm³/mol. The van der Waals surface area contributed by atoms with Crippen LogP contribution in [0, 0.1) is 21.7 Å². The lowest BCUT2D eigenvalue weighted by atomic mass is 9.71. The van der Waals surface area contributed by atoms with Crippen molar-refractivity contribution in [2.45, 2.75) is 50.2 Å². The number of rotatable bonds is 0. The van der Waals surface area contributed by atoms with Crippen LogP contribution >= 0.6 is 31.9 Å². The third-order valence-corrected chi connectivity index (χ3v) is 10.2. The molecule has 0 bridgehead atoms. The lowest BCUT2D eigenvalue weighted by Gasteiger charge is -2.33. The van der Waals surface area contributed by atoms with Crippen LogP contribution in [0.15, 0.2) is 0 Å². The van der Waals surface area contributed by atoms with Crippen molar-refractivity contribution in [1.82, 2.24) is 0 Å². The van der Waals surface area contributed by atoms with E-state index in [9.17, 15) is 0 Å². The van der Waals surface area contributed by atoms with Gasteiger partial charge in [0.05, 0.1) is 0 Å². The van der Waals surface area contributed by atoms with Gasteiger partial charge in [-0.3, -0.25) is 0 Å². The van der Waals surface area contributed by atoms with E-state index in [2.05, 4.69) is 59.6 Å². The molecule has 3 fully saturated rings. The van der Waals surface area contributed by atoms with Crippen LogP contribution in [0.5, 0.6) is 0 Å². The highest BCUT2D eigenvalue weighted by atomic mass is 79.9. The van der Waals surface area contributed by atoms with Crippen LogP contribution < -0.4 is 0 Å². The highest BCUT2D eigenvalue weighted by molar-refractivity contribution is 9.10. The molecular formula is C12H18Br2. The molecule has 0 nitrogen and oxygen atoms in total. The number of hydrogen-bond acceptors (Lipinski definition) is 0. The van der Waals surface area contributed by atoms with Gasteiger partial charge in [-0.05, 0) is 34.5 Å². The zero-order chi connectivity index (χ0) is 10.6. The van der Waals surface area contributed by atoms with Gasteiger partial charge in [0.1, 0.15) is 0 Å². The molecule has 14 heavy (non-hydrogen) atoms. The van der Waals surface area contributed by atoms with Crippen molar-refractivity contribution in [3.8, 4) is 0 Å². The predicted octanol–water partition coefficient (Wildman–Crippen LogP) is 4.36. The molecule has 2 unspecified atom stereocenters. The van der Waals surface area contributed by atoms with Crippen molar-refractivity contribution in [1.29, 1.82) is 0 Å². The third-order valence-electron chi connectivity index (χ3n) is 6.15. The Morgan fingerprint density at radius 2 is 0.929 bits per heavy atom. The smallest absolute Gasteiger partial charge is 0.0264 e. The maximum absolute atomic E-state index is 3.89. The second kappa shape index (κ2) is 2.16. The highest BCUT2D eigenvalue weighted by Crippen LogP contribution is 2.88. The summed E-state index contributed by atoms with van der Waals surface area (Å²) in [6, 6.07) is 0. The van der Waals surface area contributed by atoms with Gasteiger partial charge in [0, 0.05) is 9.65 Å². The molecule has 0 aromatic carbocycles. The van der Waals surface area contributed by atoms with Gasteiger partial charge < -0.3 is 0 Å². The zero-order valence-electron chi connectivity index (χ0n) is 9.32. The molecule has 0 N–H and O–H groups in total. The normalized spacial score (nSPS) is 75.0. The monoisotopic (exact) mass is 320 g/mol. The molecule has 6 atom stereocenters. The van der Waals surface area contributed by atoms with E-state index < -0.39 is 0 Å². The second-order valence-corrected chi connectivity index (χ2v) is 8.58. The van der Waals surface area contributed by atoms with E-state index in [4.69, 9.17) is 0 Å².